The Balaban J connectivity index is 2.18. The maximum Gasteiger partial charge on any atom is 0.179 e. The number of H-pyrrole nitrogens is 1. The van der Waals surface area contributed by atoms with Crippen LogP contribution >= 0.6 is 12.2 Å². The molecule has 1 saturated heterocycles. The van der Waals surface area contributed by atoms with E-state index in [1.54, 1.807) is 0 Å². The second-order valence-corrected chi connectivity index (χ2v) is 5.18. The van der Waals surface area contributed by atoms with Crippen molar-refractivity contribution in [3.8, 4) is 0 Å². The van der Waals surface area contributed by atoms with E-state index in [0.29, 0.717) is 6.04 Å². The van der Waals surface area contributed by atoms with Gasteiger partial charge in [-0.25, -0.2) is 0 Å². The molecular formula is C12H18N4OS. The van der Waals surface area contributed by atoms with E-state index >= 15 is 0 Å². The van der Waals surface area contributed by atoms with E-state index in [1.165, 1.54) is 0 Å². The highest BCUT2D eigenvalue weighted by Crippen LogP contribution is 2.26. The molecule has 1 atom stereocenters. The topological polar surface area (TPSA) is 47.8 Å². The van der Waals surface area contributed by atoms with Gasteiger partial charge < -0.3 is 9.72 Å². The van der Waals surface area contributed by atoms with E-state index in [0.717, 1.165) is 54.1 Å². The fourth-order valence-corrected chi connectivity index (χ4v) is 3.09. The number of fused-ring (bicyclic) bond motifs is 1. The molecule has 0 aromatic carbocycles. The van der Waals surface area contributed by atoms with Crippen molar-refractivity contribution in [2.45, 2.75) is 32.2 Å². The smallest absolute Gasteiger partial charge is 0.179 e. The molecule has 0 saturated carbocycles. The quantitative estimate of drug-likeness (QED) is 0.849. The van der Waals surface area contributed by atoms with E-state index in [1.807, 2.05) is 11.7 Å². The molecule has 1 aliphatic rings. The van der Waals surface area contributed by atoms with Crippen LogP contribution in [0.25, 0.3) is 11.2 Å². The summed E-state index contributed by atoms with van der Waals surface area (Å²) in [5.41, 5.74) is 3.25. The third-order valence-corrected chi connectivity index (χ3v) is 3.90. The van der Waals surface area contributed by atoms with Gasteiger partial charge in [0.25, 0.3) is 0 Å². The molecule has 1 fully saturated rings. The molecule has 6 heteroatoms. The third kappa shape index (κ3) is 1.71. The summed E-state index contributed by atoms with van der Waals surface area (Å²) in [4.78, 5) is 3.30. The lowest BCUT2D eigenvalue weighted by Gasteiger charge is -2.23. The van der Waals surface area contributed by atoms with Crippen LogP contribution in [-0.4, -0.2) is 32.5 Å². The largest absolute Gasteiger partial charge is 0.379 e. The Kier molecular flexibility index (Phi) is 2.99. The van der Waals surface area contributed by atoms with Crippen molar-refractivity contribution in [3.05, 3.63) is 10.5 Å². The lowest BCUT2D eigenvalue weighted by Crippen LogP contribution is -2.22. The second kappa shape index (κ2) is 4.51. The maximum atomic E-state index is 5.57. The fourth-order valence-electron chi connectivity index (χ4n) is 2.75. The Hall–Kier alpha value is -1.14. The van der Waals surface area contributed by atoms with Crippen molar-refractivity contribution in [1.29, 1.82) is 0 Å². The number of ether oxygens (including phenoxy) is 1. The van der Waals surface area contributed by atoms with E-state index in [9.17, 15) is 0 Å². The van der Waals surface area contributed by atoms with Gasteiger partial charge in [-0.2, -0.15) is 5.10 Å². The van der Waals surface area contributed by atoms with E-state index in [4.69, 9.17) is 17.0 Å². The number of hydrogen-bond acceptors (Lipinski definition) is 3. The number of nitrogens with one attached hydrogen (secondary N) is 1. The molecule has 1 unspecified atom stereocenters. The summed E-state index contributed by atoms with van der Waals surface area (Å²) >= 11 is 5.47. The van der Waals surface area contributed by atoms with Crippen LogP contribution in [0.2, 0.25) is 0 Å². The highest BCUT2D eigenvalue weighted by molar-refractivity contribution is 7.71. The van der Waals surface area contributed by atoms with Crippen LogP contribution in [0, 0.1) is 4.77 Å². The van der Waals surface area contributed by atoms with Gasteiger partial charge >= 0.3 is 0 Å². The monoisotopic (exact) mass is 266 g/mol. The molecule has 0 spiro atoms. The molecule has 2 aromatic heterocycles. The molecule has 3 heterocycles. The first-order valence-corrected chi connectivity index (χ1v) is 6.87. The first kappa shape index (κ1) is 11.9. The van der Waals surface area contributed by atoms with E-state index in [-0.39, 0.29) is 0 Å². The predicted octanol–water partition coefficient (Wildman–Crippen LogP) is 2.35. The van der Waals surface area contributed by atoms with Crippen LogP contribution in [0.5, 0.6) is 0 Å². The molecular weight excluding hydrogens is 248 g/mol. The lowest BCUT2D eigenvalue weighted by atomic mass is 10.1. The van der Waals surface area contributed by atoms with Crippen molar-refractivity contribution < 1.29 is 4.74 Å². The van der Waals surface area contributed by atoms with Crippen LogP contribution in [-0.2, 0) is 18.2 Å². The van der Waals surface area contributed by atoms with Crippen molar-refractivity contribution in [1.82, 2.24) is 19.3 Å². The lowest BCUT2D eigenvalue weighted by molar-refractivity contribution is 0.0597. The van der Waals surface area contributed by atoms with Gasteiger partial charge in [-0.3, -0.25) is 9.25 Å². The first-order chi connectivity index (χ1) is 8.72. The fraction of sp³-hybridized carbons (Fsp3) is 0.667. The Morgan fingerprint density at radius 3 is 3.06 bits per heavy atom. The summed E-state index contributed by atoms with van der Waals surface area (Å²) in [6.45, 7) is 3.72. The Bertz CT molecular complexity index is 618. The molecule has 1 N–H and O–H groups in total. The van der Waals surface area contributed by atoms with Gasteiger partial charge in [-0.1, -0.05) is 6.92 Å². The van der Waals surface area contributed by atoms with Crippen LogP contribution in [0.4, 0.5) is 0 Å². The molecule has 0 aliphatic carbocycles. The van der Waals surface area contributed by atoms with Gasteiger partial charge in [0, 0.05) is 13.7 Å². The zero-order valence-corrected chi connectivity index (χ0v) is 11.6. The van der Waals surface area contributed by atoms with Gasteiger partial charge in [0.1, 0.15) is 5.52 Å². The number of aryl methyl sites for hydroxylation is 2. The number of imidazole rings is 1. The third-order valence-electron chi connectivity index (χ3n) is 3.60. The highest BCUT2D eigenvalue weighted by Gasteiger charge is 2.22. The molecule has 0 bridgehead atoms. The average molecular weight is 266 g/mol. The second-order valence-electron chi connectivity index (χ2n) is 4.79. The van der Waals surface area contributed by atoms with Gasteiger partial charge in [-0.15, -0.1) is 0 Å². The minimum absolute atomic E-state index is 0.333. The van der Waals surface area contributed by atoms with Crippen LogP contribution < -0.4 is 0 Å². The average Bonchev–Trinajstić information content (AvgIpc) is 2.87. The van der Waals surface area contributed by atoms with Gasteiger partial charge in [0.05, 0.1) is 18.3 Å². The number of rotatable bonds is 2. The van der Waals surface area contributed by atoms with Crippen molar-refractivity contribution in [3.63, 3.8) is 0 Å². The Morgan fingerprint density at radius 2 is 2.39 bits per heavy atom. The SMILES string of the molecule is CCc1nn(C)c2c1[nH]c(=S)n2C1CCCOC1. The molecule has 98 valence electrons. The normalized spacial score (nSPS) is 20.7. The summed E-state index contributed by atoms with van der Waals surface area (Å²) in [6.07, 6.45) is 3.12. The van der Waals surface area contributed by atoms with Crippen molar-refractivity contribution in [2.24, 2.45) is 7.05 Å². The number of aromatic amines is 1. The standard InChI is InChI=1S/C12H18N4OS/c1-3-9-10-11(15(2)14-9)16(12(18)13-10)8-5-4-6-17-7-8/h8H,3-7H2,1-2H3,(H,13,18). The minimum Gasteiger partial charge on any atom is -0.379 e. The van der Waals surface area contributed by atoms with Gasteiger partial charge in [0.15, 0.2) is 10.4 Å². The molecule has 1 aliphatic heterocycles. The first-order valence-electron chi connectivity index (χ1n) is 6.46. The van der Waals surface area contributed by atoms with Crippen LogP contribution in [0.3, 0.4) is 0 Å². The van der Waals surface area contributed by atoms with Gasteiger partial charge in [-0.05, 0) is 31.5 Å². The maximum absolute atomic E-state index is 5.57. The highest BCUT2D eigenvalue weighted by atomic mass is 32.1. The summed E-state index contributed by atoms with van der Waals surface area (Å²) in [5.74, 6) is 0. The number of nitrogens with zero attached hydrogens (tertiary/aromatic N) is 3. The molecule has 3 rings (SSSR count). The van der Waals surface area contributed by atoms with Crippen LogP contribution in [0.15, 0.2) is 0 Å². The molecule has 18 heavy (non-hydrogen) atoms. The molecule has 2 aromatic rings. The van der Waals surface area contributed by atoms with Crippen LogP contribution in [0.1, 0.15) is 31.5 Å². The Morgan fingerprint density at radius 1 is 1.56 bits per heavy atom. The number of hydrogen-bond donors (Lipinski definition) is 1. The predicted molar refractivity (Wildman–Crippen MR) is 72.4 cm³/mol. The van der Waals surface area contributed by atoms with Crippen molar-refractivity contribution in [2.75, 3.05) is 13.2 Å². The van der Waals surface area contributed by atoms with E-state index < -0.39 is 0 Å². The minimum atomic E-state index is 0.333. The summed E-state index contributed by atoms with van der Waals surface area (Å²) in [5, 5.41) is 4.54. The molecule has 0 radical (unpaired) electrons. The summed E-state index contributed by atoms with van der Waals surface area (Å²) < 4.78 is 10.5. The Labute approximate surface area is 111 Å². The van der Waals surface area contributed by atoms with E-state index in [2.05, 4.69) is 21.6 Å². The number of aromatic nitrogens is 4. The molecule has 0 amide bonds. The molecule has 5 nitrogen and oxygen atoms in total. The summed E-state index contributed by atoms with van der Waals surface area (Å²) in [6, 6.07) is 0.333. The zero-order valence-electron chi connectivity index (χ0n) is 10.8. The van der Waals surface area contributed by atoms with Gasteiger partial charge in [0.2, 0.25) is 0 Å². The zero-order chi connectivity index (χ0) is 12.7. The summed E-state index contributed by atoms with van der Waals surface area (Å²) in [7, 11) is 1.98. The van der Waals surface area contributed by atoms with Crippen molar-refractivity contribution >= 4 is 23.4 Å².